The van der Waals surface area contributed by atoms with E-state index in [1.165, 1.54) is 0 Å². The van der Waals surface area contributed by atoms with Gasteiger partial charge in [0.15, 0.2) is 0 Å². The van der Waals surface area contributed by atoms with E-state index in [0.29, 0.717) is 4.43 Å². The minimum Gasteiger partial charge on any atom is -0.371 e. The van der Waals surface area contributed by atoms with E-state index in [1.807, 2.05) is 22.6 Å². The first-order valence-electron chi connectivity index (χ1n) is 2.27. The molecule has 0 aromatic carbocycles. The van der Waals surface area contributed by atoms with Gasteiger partial charge in [-0.15, -0.1) is 0 Å². The fourth-order valence-electron chi connectivity index (χ4n) is 0.242. The Kier molecular flexibility index (Phi) is 4.55. The zero-order valence-electron chi connectivity index (χ0n) is 4.54. The third kappa shape index (κ3) is 8.48. The van der Waals surface area contributed by atoms with Crippen molar-refractivity contribution < 1.29 is 17.9 Å². The highest BCUT2D eigenvalue weighted by atomic mass is 127. The van der Waals surface area contributed by atoms with Gasteiger partial charge in [-0.05, 0) is 0 Å². The van der Waals surface area contributed by atoms with E-state index in [4.69, 9.17) is 0 Å². The Hall–Kier alpha value is 0.480. The Balaban J connectivity index is 3.07. The summed E-state index contributed by atoms with van der Waals surface area (Å²) in [4.78, 5) is 0. The highest BCUT2D eigenvalue weighted by molar-refractivity contribution is 14.1. The largest absolute Gasteiger partial charge is 0.411 e. The lowest BCUT2D eigenvalue weighted by Crippen LogP contribution is -2.17. The molecule has 0 aromatic rings. The molecule has 56 valence electrons. The van der Waals surface area contributed by atoms with Gasteiger partial charge < -0.3 is 4.74 Å². The summed E-state index contributed by atoms with van der Waals surface area (Å²) in [5, 5.41) is 0. The molecule has 0 rings (SSSR count). The monoisotopic (exact) mass is 254 g/mol. The van der Waals surface area contributed by atoms with Crippen molar-refractivity contribution in [3.63, 3.8) is 0 Å². The lowest BCUT2D eigenvalue weighted by Gasteiger charge is -2.04. The van der Waals surface area contributed by atoms with E-state index < -0.39 is 12.8 Å². The summed E-state index contributed by atoms with van der Waals surface area (Å²) in [6, 6.07) is 0. The summed E-state index contributed by atoms with van der Waals surface area (Å²) in [5.74, 6) is 0. The molecule has 0 N–H and O–H groups in total. The predicted octanol–water partition coefficient (Wildman–Crippen LogP) is 2.00. The van der Waals surface area contributed by atoms with Crippen LogP contribution in [-0.2, 0) is 4.74 Å². The Bertz CT molecular complexity index is 72.7. The van der Waals surface area contributed by atoms with Gasteiger partial charge in [0.1, 0.15) is 6.61 Å². The SMILES string of the molecule is FC(F)(F)COCCI. The summed E-state index contributed by atoms with van der Waals surface area (Å²) in [6.07, 6.45) is -4.17. The molecule has 0 saturated carbocycles. The second kappa shape index (κ2) is 4.32. The van der Waals surface area contributed by atoms with Crippen LogP contribution in [0.3, 0.4) is 0 Å². The normalized spacial score (nSPS) is 12.0. The van der Waals surface area contributed by atoms with Crippen LogP contribution in [0.2, 0.25) is 0 Å². The Morgan fingerprint density at radius 2 is 1.89 bits per heavy atom. The Morgan fingerprint density at radius 1 is 1.33 bits per heavy atom. The molecule has 9 heavy (non-hydrogen) atoms. The van der Waals surface area contributed by atoms with Crippen molar-refractivity contribution in [1.82, 2.24) is 0 Å². The van der Waals surface area contributed by atoms with Crippen LogP contribution in [0.5, 0.6) is 0 Å². The average Bonchev–Trinajstić information content (AvgIpc) is 1.63. The first-order chi connectivity index (χ1) is 4.06. The van der Waals surface area contributed by atoms with E-state index >= 15 is 0 Å². The molecule has 5 heteroatoms. The predicted molar refractivity (Wildman–Crippen MR) is 35.8 cm³/mol. The molecule has 0 spiro atoms. The molecule has 0 fully saturated rings. The van der Waals surface area contributed by atoms with E-state index in [-0.39, 0.29) is 6.61 Å². The maximum Gasteiger partial charge on any atom is 0.411 e. The Morgan fingerprint density at radius 3 is 2.22 bits per heavy atom. The van der Waals surface area contributed by atoms with Crippen LogP contribution in [0.4, 0.5) is 13.2 Å². The van der Waals surface area contributed by atoms with E-state index in [2.05, 4.69) is 4.74 Å². The number of hydrogen-bond donors (Lipinski definition) is 0. The number of halogens is 4. The number of ether oxygens (including phenoxy) is 1. The molecule has 0 radical (unpaired) electrons. The molecular weight excluding hydrogens is 248 g/mol. The number of hydrogen-bond acceptors (Lipinski definition) is 1. The van der Waals surface area contributed by atoms with Gasteiger partial charge >= 0.3 is 6.18 Å². The number of alkyl halides is 4. The fraction of sp³-hybridized carbons (Fsp3) is 1.00. The van der Waals surface area contributed by atoms with Crippen molar-refractivity contribution in [2.45, 2.75) is 6.18 Å². The smallest absolute Gasteiger partial charge is 0.371 e. The van der Waals surface area contributed by atoms with Crippen LogP contribution < -0.4 is 0 Å². The van der Waals surface area contributed by atoms with Gasteiger partial charge in [-0.2, -0.15) is 13.2 Å². The van der Waals surface area contributed by atoms with Crippen LogP contribution >= 0.6 is 22.6 Å². The zero-order chi connectivity index (χ0) is 7.33. The number of rotatable bonds is 3. The molecule has 0 aromatic heterocycles. The minimum absolute atomic E-state index is 0.167. The molecule has 1 nitrogen and oxygen atoms in total. The van der Waals surface area contributed by atoms with Gasteiger partial charge in [0.05, 0.1) is 6.61 Å². The standard InChI is InChI=1S/C4H6F3IO/c5-4(6,7)3-9-2-1-8/h1-3H2. The molecule has 0 aliphatic heterocycles. The molecule has 0 bridgehead atoms. The molecule has 0 aliphatic rings. The average molecular weight is 254 g/mol. The molecular formula is C4H6F3IO. The fourth-order valence-corrected chi connectivity index (χ4v) is 0.554. The third-order valence-electron chi connectivity index (χ3n) is 0.487. The van der Waals surface area contributed by atoms with Crippen molar-refractivity contribution >= 4 is 22.6 Å². The third-order valence-corrected chi connectivity index (χ3v) is 0.928. The first-order valence-corrected chi connectivity index (χ1v) is 3.79. The quantitative estimate of drug-likeness (QED) is 0.425. The lowest BCUT2D eigenvalue weighted by molar-refractivity contribution is -0.172. The van der Waals surface area contributed by atoms with Gasteiger partial charge in [0, 0.05) is 4.43 Å². The van der Waals surface area contributed by atoms with Crippen molar-refractivity contribution in [2.24, 2.45) is 0 Å². The second-order valence-electron chi connectivity index (χ2n) is 1.36. The van der Waals surface area contributed by atoms with Crippen molar-refractivity contribution in [1.29, 1.82) is 0 Å². The van der Waals surface area contributed by atoms with Crippen molar-refractivity contribution in [3.05, 3.63) is 0 Å². The molecule has 0 heterocycles. The van der Waals surface area contributed by atoms with Crippen LogP contribution in [0.15, 0.2) is 0 Å². The first kappa shape index (κ1) is 9.48. The van der Waals surface area contributed by atoms with E-state index in [9.17, 15) is 13.2 Å². The zero-order valence-corrected chi connectivity index (χ0v) is 6.70. The van der Waals surface area contributed by atoms with E-state index in [0.717, 1.165) is 0 Å². The van der Waals surface area contributed by atoms with Crippen LogP contribution in [0.1, 0.15) is 0 Å². The summed E-state index contributed by atoms with van der Waals surface area (Å²) in [6.45, 7) is -0.962. The maximum atomic E-state index is 11.3. The van der Waals surface area contributed by atoms with Crippen molar-refractivity contribution in [3.8, 4) is 0 Å². The van der Waals surface area contributed by atoms with Gasteiger partial charge in [0.25, 0.3) is 0 Å². The Labute approximate surface area is 64.7 Å². The minimum atomic E-state index is -4.17. The van der Waals surface area contributed by atoms with E-state index in [1.54, 1.807) is 0 Å². The molecule has 0 atom stereocenters. The molecule has 0 amide bonds. The topological polar surface area (TPSA) is 9.23 Å². The van der Waals surface area contributed by atoms with Crippen LogP contribution in [0, 0.1) is 0 Å². The molecule has 0 aliphatic carbocycles. The van der Waals surface area contributed by atoms with Crippen LogP contribution in [-0.4, -0.2) is 23.8 Å². The highest BCUT2D eigenvalue weighted by Crippen LogP contribution is 2.14. The summed E-state index contributed by atoms with van der Waals surface area (Å²) < 4.78 is 38.6. The highest BCUT2D eigenvalue weighted by Gasteiger charge is 2.26. The summed E-state index contributed by atoms with van der Waals surface area (Å²) >= 11 is 1.95. The maximum absolute atomic E-state index is 11.3. The van der Waals surface area contributed by atoms with Gasteiger partial charge in [-0.25, -0.2) is 0 Å². The van der Waals surface area contributed by atoms with Gasteiger partial charge in [-0.3, -0.25) is 0 Å². The molecule has 0 unspecified atom stereocenters. The van der Waals surface area contributed by atoms with Crippen LogP contribution in [0.25, 0.3) is 0 Å². The summed E-state index contributed by atoms with van der Waals surface area (Å²) in [7, 11) is 0. The van der Waals surface area contributed by atoms with Gasteiger partial charge in [-0.1, -0.05) is 22.6 Å². The lowest BCUT2D eigenvalue weighted by atomic mass is 10.7. The second-order valence-corrected chi connectivity index (χ2v) is 2.44. The molecule has 0 saturated heterocycles. The summed E-state index contributed by atoms with van der Waals surface area (Å²) in [5.41, 5.74) is 0. The van der Waals surface area contributed by atoms with Crippen molar-refractivity contribution in [2.75, 3.05) is 17.6 Å². The van der Waals surface area contributed by atoms with Gasteiger partial charge in [0.2, 0.25) is 0 Å².